The standard InChI is InChI=1S/C23H39N3O4/c1-17(2)25(21(29)30-22(3,4)5)15-18-9-8-12-24(14-18)16-26-19(27)13-23(20(26)28)10-6-7-11-23/h17-18H,6-16H2,1-5H3/t18-/m1/s1. The van der Waals surface area contributed by atoms with E-state index in [1.807, 2.05) is 34.6 Å². The summed E-state index contributed by atoms with van der Waals surface area (Å²) < 4.78 is 5.59. The summed E-state index contributed by atoms with van der Waals surface area (Å²) in [4.78, 5) is 43.8. The second-order valence-corrected chi connectivity index (χ2v) is 10.7. The van der Waals surface area contributed by atoms with Crippen molar-refractivity contribution in [1.82, 2.24) is 14.7 Å². The van der Waals surface area contributed by atoms with Gasteiger partial charge in [-0.05, 0) is 72.8 Å². The van der Waals surface area contributed by atoms with E-state index in [-0.39, 0.29) is 23.9 Å². The molecule has 170 valence electrons. The van der Waals surface area contributed by atoms with Crippen LogP contribution in [0.1, 0.15) is 79.6 Å². The molecule has 3 rings (SSSR count). The molecule has 0 bridgehead atoms. The number of amides is 3. The molecule has 0 aromatic heterocycles. The normalized spacial score (nSPS) is 24.9. The minimum Gasteiger partial charge on any atom is -0.444 e. The van der Waals surface area contributed by atoms with Crippen molar-refractivity contribution in [3.63, 3.8) is 0 Å². The highest BCUT2D eigenvalue weighted by atomic mass is 16.6. The van der Waals surface area contributed by atoms with Crippen LogP contribution in [0, 0.1) is 11.3 Å². The van der Waals surface area contributed by atoms with Crippen LogP contribution in [0.3, 0.4) is 0 Å². The summed E-state index contributed by atoms with van der Waals surface area (Å²) in [5.41, 5.74) is -0.924. The van der Waals surface area contributed by atoms with E-state index in [0.717, 1.165) is 51.6 Å². The summed E-state index contributed by atoms with van der Waals surface area (Å²) in [6.07, 6.45) is 5.97. The summed E-state index contributed by atoms with van der Waals surface area (Å²) >= 11 is 0. The first-order valence-corrected chi connectivity index (χ1v) is 11.6. The first-order chi connectivity index (χ1) is 14.0. The van der Waals surface area contributed by atoms with Crippen molar-refractivity contribution in [1.29, 1.82) is 0 Å². The molecule has 3 amide bonds. The second kappa shape index (κ2) is 8.85. The van der Waals surface area contributed by atoms with Crippen LogP contribution in [0.4, 0.5) is 4.79 Å². The van der Waals surface area contributed by atoms with Gasteiger partial charge < -0.3 is 9.64 Å². The zero-order valence-corrected chi connectivity index (χ0v) is 19.4. The van der Waals surface area contributed by atoms with Crippen LogP contribution in [0.15, 0.2) is 0 Å². The molecule has 1 aliphatic carbocycles. The molecule has 2 saturated heterocycles. The van der Waals surface area contributed by atoms with Crippen molar-refractivity contribution in [2.75, 3.05) is 26.3 Å². The van der Waals surface area contributed by atoms with Gasteiger partial charge in [-0.3, -0.25) is 19.4 Å². The molecule has 7 nitrogen and oxygen atoms in total. The lowest BCUT2D eigenvalue weighted by Crippen LogP contribution is -2.50. The lowest BCUT2D eigenvalue weighted by atomic mass is 9.85. The summed E-state index contributed by atoms with van der Waals surface area (Å²) in [5.74, 6) is 0.341. The van der Waals surface area contributed by atoms with Gasteiger partial charge in [0, 0.05) is 25.6 Å². The van der Waals surface area contributed by atoms with E-state index < -0.39 is 11.0 Å². The number of carbonyl (C=O) groups excluding carboxylic acids is 3. The van der Waals surface area contributed by atoms with Gasteiger partial charge in [0.15, 0.2) is 0 Å². The molecule has 0 radical (unpaired) electrons. The molecule has 30 heavy (non-hydrogen) atoms. The van der Waals surface area contributed by atoms with Crippen molar-refractivity contribution in [3.8, 4) is 0 Å². The molecule has 0 aromatic rings. The van der Waals surface area contributed by atoms with E-state index in [4.69, 9.17) is 4.74 Å². The Bertz CT molecular complexity index is 664. The molecule has 3 aliphatic rings. The predicted molar refractivity (Wildman–Crippen MR) is 115 cm³/mol. The monoisotopic (exact) mass is 421 g/mol. The molecule has 7 heteroatoms. The Labute approximate surface area is 181 Å². The first kappa shape index (κ1) is 23.0. The second-order valence-electron chi connectivity index (χ2n) is 10.7. The molecule has 1 saturated carbocycles. The first-order valence-electron chi connectivity index (χ1n) is 11.6. The number of likely N-dealkylation sites (tertiary alicyclic amines) is 2. The van der Waals surface area contributed by atoms with Gasteiger partial charge >= 0.3 is 6.09 Å². The molecule has 0 aromatic carbocycles. The SMILES string of the molecule is CC(C)N(C[C@@H]1CCCN(CN2C(=O)CC3(CCCC3)C2=O)C1)C(=O)OC(C)(C)C. The van der Waals surface area contributed by atoms with Gasteiger partial charge in [-0.25, -0.2) is 4.79 Å². The van der Waals surface area contributed by atoms with Crippen molar-refractivity contribution in [2.45, 2.75) is 91.2 Å². The largest absolute Gasteiger partial charge is 0.444 e. The molecule has 0 N–H and O–H groups in total. The minimum atomic E-state index is -0.518. The van der Waals surface area contributed by atoms with Gasteiger partial charge in [-0.2, -0.15) is 0 Å². The highest BCUT2D eigenvalue weighted by Gasteiger charge is 2.52. The Hall–Kier alpha value is -1.63. The van der Waals surface area contributed by atoms with E-state index in [0.29, 0.717) is 25.6 Å². The van der Waals surface area contributed by atoms with Gasteiger partial charge in [-0.15, -0.1) is 0 Å². The zero-order valence-electron chi connectivity index (χ0n) is 19.4. The maximum Gasteiger partial charge on any atom is 0.410 e. The average molecular weight is 422 g/mol. The molecular weight excluding hydrogens is 382 g/mol. The van der Waals surface area contributed by atoms with Crippen molar-refractivity contribution in [3.05, 3.63) is 0 Å². The number of imide groups is 1. The fourth-order valence-electron chi connectivity index (χ4n) is 5.17. The predicted octanol–water partition coefficient (Wildman–Crippen LogP) is 3.62. The van der Waals surface area contributed by atoms with Gasteiger partial charge in [0.05, 0.1) is 12.1 Å². The molecule has 0 unspecified atom stereocenters. The number of hydrogen-bond acceptors (Lipinski definition) is 5. The topological polar surface area (TPSA) is 70.2 Å². The van der Waals surface area contributed by atoms with Crippen LogP contribution < -0.4 is 0 Å². The lowest BCUT2D eigenvalue weighted by molar-refractivity contribution is -0.144. The van der Waals surface area contributed by atoms with Crippen LogP contribution >= 0.6 is 0 Å². The van der Waals surface area contributed by atoms with Crippen LogP contribution in [0.25, 0.3) is 0 Å². The quantitative estimate of drug-likeness (QED) is 0.634. The number of carbonyl (C=O) groups is 3. The molecular formula is C23H39N3O4. The van der Waals surface area contributed by atoms with Crippen molar-refractivity contribution in [2.24, 2.45) is 11.3 Å². The van der Waals surface area contributed by atoms with Crippen molar-refractivity contribution < 1.29 is 19.1 Å². The fraction of sp³-hybridized carbons (Fsp3) is 0.870. The average Bonchev–Trinajstić information content (AvgIpc) is 3.19. The van der Waals surface area contributed by atoms with Gasteiger partial charge in [0.25, 0.3) is 0 Å². The third-order valence-electron chi connectivity index (χ3n) is 6.70. The Balaban J connectivity index is 1.59. The van der Waals surface area contributed by atoms with Crippen molar-refractivity contribution >= 4 is 17.9 Å². The van der Waals surface area contributed by atoms with Crippen LogP contribution in [-0.2, 0) is 14.3 Å². The molecule has 1 atom stereocenters. The summed E-state index contributed by atoms with van der Waals surface area (Å²) in [5, 5.41) is 0. The Morgan fingerprint density at radius 2 is 1.87 bits per heavy atom. The third kappa shape index (κ3) is 5.16. The van der Waals surface area contributed by atoms with Crippen LogP contribution in [0.2, 0.25) is 0 Å². The highest BCUT2D eigenvalue weighted by molar-refractivity contribution is 6.06. The smallest absolute Gasteiger partial charge is 0.410 e. The number of nitrogens with zero attached hydrogens (tertiary/aromatic N) is 3. The van der Waals surface area contributed by atoms with E-state index >= 15 is 0 Å². The van der Waals surface area contributed by atoms with Crippen LogP contribution in [-0.4, -0.2) is 70.6 Å². The molecule has 2 aliphatic heterocycles. The van der Waals surface area contributed by atoms with E-state index in [2.05, 4.69) is 4.90 Å². The fourth-order valence-corrected chi connectivity index (χ4v) is 5.17. The number of rotatable bonds is 5. The van der Waals surface area contributed by atoms with Gasteiger partial charge in [0.2, 0.25) is 11.8 Å². The number of ether oxygens (including phenoxy) is 1. The maximum atomic E-state index is 13.0. The highest BCUT2D eigenvalue weighted by Crippen LogP contribution is 2.46. The lowest BCUT2D eigenvalue weighted by Gasteiger charge is -2.38. The molecule has 2 heterocycles. The summed E-state index contributed by atoms with van der Waals surface area (Å²) in [7, 11) is 0. The van der Waals surface area contributed by atoms with E-state index in [1.165, 1.54) is 4.90 Å². The maximum absolute atomic E-state index is 13.0. The van der Waals surface area contributed by atoms with Gasteiger partial charge in [-0.1, -0.05) is 12.8 Å². The number of piperidine rings is 1. The van der Waals surface area contributed by atoms with E-state index in [1.54, 1.807) is 4.90 Å². The Morgan fingerprint density at radius 3 is 2.47 bits per heavy atom. The Kier molecular flexibility index (Phi) is 6.80. The summed E-state index contributed by atoms with van der Waals surface area (Å²) in [6.45, 7) is 12.4. The Morgan fingerprint density at radius 1 is 1.20 bits per heavy atom. The number of hydrogen-bond donors (Lipinski definition) is 0. The minimum absolute atomic E-state index is 0.0124. The zero-order chi connectivity index (χ0) is 22.1. The molecule has 3 fully saturated rings. The van der Waals surface area contributed by atoms with Gasteiger partial charge in [0.1, 0.15) is 5.60 Å². The van der Waals surface area contributed by atoms with E-state index in [9.17, 15) is 14.4 Å². The molecule has 1 spiro atoms. The van der Waals surface area contributed by atoms with Crippen LogP contribution in [0.5, 0.6) is 0 Å². The third-order valence-corrected chi connectivity index (χ3v) is 6.70. The summed E-state index contributed by atoms with van der Waals surface area (Å²) in [6, 6.07) is 0.0548.